The average molecular weight is 576 g/mol. The molecule has 0 saturated carbocycles. The van der Waals surface area contributed by atoms with E-state index in [-0.39, 0.29) is 18.2 Å². The Morgan fingerprint density at radius 3 is 2.54 bits per heavy atom. The molecule has 11 heteroatoms. The van der Waals surface area contributed by atoms with E-state index in [0.29, 0.717) is 38.2 Å². The third-order valence-corrected chi connectivity index (χ3v) is 6.24. The van der Waals surface area contributed by atoms with E-state index in [0.717, 1.165) is 11.1 Å². The molecule has 8 nitrogen and oxygen atoms in total. The Labute approximate surface area is 218 Å². The van der Waals surface area contributed by atoms with Crippen LogP contribution in [0.1, 0.15) is 21.5 Å². The van der Waals surface area contributed by atoms with Gasteiger partial charge in [0.2, 0.25) is 0 Å². The Hall–Kier alpha value is -3.40. The van der Waals surface area contributed by atoms with Gasteiger partial charge in [0.05, 0.1) is 26.0 Å². The van der Waals surface area contributed by atoms with Crippen LogP contribution < -0.4 is 10.1 Å². The number of nitrogens with one attached hydrogen (secondary N) is 1. The molecule has 0 spiro atoms. The molecule has 1 heterocycles. The van der Waals surface area contributed by atoms with Crippen molar-refractivity contribution in [2.45, 2.75) is 13.2 Å². The number of rotatable bonds is 8. The molecular formula is C24H17BrCl2N4O4. The van der Waals surface area contributed by atoms with Gasteiger partial charge in [0, 0.05) is 23.9 Å². The van der Waals surface area contributed by atoms with E-state index in [9.17, 15) is 14.9 Å². The van der Waals surface area contributed by atoms with E-state index in [4.69, 9.17) is 27.9 Å². The molecule has 3 aromatic carbocycles. The number of non-ortho nitro benzene ring substituents is 1. The average Bonchev–Trinajstić information content (AvgIpc) is 3.18. The van der Waals surface area contributed by atoms with Crippen LogP contribution in [0.5, 0.6) is 5.75 Å². The third kappa shape index (κ3) is 6.39. The number of amides is 1. The second-order valence-electron chi connectivity index (χ2n) is 7.47. The van der Waals surface area contributed by atoms with Crippen molar-refractivity contribution in [1.82, 2.24) is 9.78 Å². The van der Waals surface area contributed by atoms with E-state index >= 15 is 0 Å². The molecule has 0 saturated heterocycles. The molecule has 4 aromatic rings. The van der Waals surface area contributed by atoms with E-state index in [2.05, 4.69) is 26.3 Å². The van der Waals surface area contributed by atoms with Crippen molar-refractivity contribution in [2.24, 2.45) is 0 Å². The first-order valence-corrected chi connectivity index (χ1v) is 11.8. The summed E-state index contributed by atoms with van der Waals surface area (Å²) in [6, 6.07) is 18.1. The second kappa shape index (κ2) is 10.9. The lowest BCUT2D eigenvalue weighted by molar-refractivity contribution is -0.384. The van der Waals surface area contributed by atoms with Gasteiger partial charge >= 0.3 is 0 Å². The van der Waals surface area contributed by atoms with E-state index in [1.165, 1.54) is 24.3 Å². The lowest BCUT2D eigenvalue weighted by Crippen LogP contribution is -2.13. The number of nitrogens with zero attached hydrogens (tertiary/aromatic N) is 3. The molecule has 1 amide bonds. The van der Waals surface area contributed by atoms with E-state index in [1.807, 2.05) is 12.1 Å². The molecule has 0 atom stereocenters. The van der Waals surface area contributed by atoms with Gasteiger partial charge in [-0.1, -0.05) is 41.4 Å². The zero-order valence-corrected chi connectivity index (χ0v) is 21.0. The lowest BCUT2D eigenvalue weighted by atomic mass is 10.1. The molecule has 1 aromatic heterocycles. The number of hydrogen-bond donors (Lipinski definition) is 1. The molecule has 0 bridgehead atoms. The number of nitro groups is 1. The van der Waals surface area contributed by atoms with Crippen LogP contribution in [0.2, 0.25) is 10.0 Å². The summed E-state index contributed by atoms with van der Waals surface area (Å²) in [6.45, 7) is 0.641. The second-order valence-corrected chi connectivity index (χ2v) is 9.13. The van der Waals surface area contributed by atoms with Crippen LogP contribution in [0.4, 0.5) is 11.5 Å². The molecule has 0 unspecified atom stereocenters. The van der Waals surface area contributed by atoms with Crippen molar-refractivity contribution in [1.29, 1.82) is 0 Å². The number of benzene rings is 3. The van der Waals surface area contributed by atoms with Gasteiger partial charge in [-0.2, -0.15) is 5.10 Å². The van der Waals surface area contributed by atoms with E-state index in [1.54, 1.807) is 41.2 Å². The van der Waals surface area contributed by atoms with Crippen LogP contribution >= 0.6 is 39.1 Å². The highest BCUT2D eigenvalue weighted by atomic mass is 79.9. The number of halogens is 3. The van der Waals surface area contributed by atoms with Crippen LogP contribution in [-0.4, -0.2) is 20.6 Å². The number of ether oxygens (including phenoxy) is 1. The predicted molar refractivity (Wildman–Crippen MR) is 137 cm³/mol. The summed E-state index contributed by atoms with van der Waals surface area (Å²) in [7, 11) is 0. The molecule has 0 fully saturated rings. The van der Waals surface area contributed by atoms with Crippen molar-refractivity contribution in [3.8, 4) is 5.75 Å². The van der Waals surface area contributed by atoms with Gasteiger partial charge in [0.25, 0.3) is 11.6 Å². The molecule has 4 rings (SSSR count). The van der Waals surface area contributed by atoms with Gasteiger partial charge in [-0.05, 0) is 63.5 Å². The summed E-state index contributed by atoms with van der Waals surface area (Å²) in [5.41, 5.74) is 2.09. The van der Waals surface area contributed by atoms with Gasteiger partial charge in [-0.25, -0.2) is 0 Å². The Kier molecular flexibility index (Phi) is 7.70. The topological polar surface area (TPSA) is 99.3 Å². The lowest BCUT2D eigenvalue weighted by Gasteiger charge is -2.08. The molecule has 35 heavy (non-hydrogen) atoms. The summed E-state index contributed by atoms with van der Waals surface area (Å²) in [5.74, 6) is 0.534. The summed E-state index contributed by atoms with van der Waals surface area (Å²) >= 11 is 15.5. The Morgan fingerprint density at radius 1 is 1.06 bits per heavy atom. The number of hydrogen-bond acceptors (Lipinski definition) is 5. The van der Waals surface area contributed by atoms with Crippen molar-refractivity contribution < 1.29 is 14.5 Å². The third-order valence-electron chi connectivity index (χ3n) is 4.92. The van der Waals surface area contributed by atoms with Gasteiger partial charge in [0.1, 0.15) is 12.4 Å². The fourth-order valence-corrected chi connectivity index (χ4v) is 3.94. The van der Waals surface area contributed by atoms with Gasteiger partial charge in [-0.3, -0.25) is 19.6 Å². The fourth-order valence-electron chi connectivity index (χ4n) is 3.20. The number of carbonyl (C=O) groups is 1. The number of carbonyl (C=O) groups excluding carboxylic acids is 1. The zero-order valence-electron chi connectivity index (χ0n) is 18.0. The summed E-state index contributed by atoms with van der Waals surface area (Å²) in [5, 5.41) is 18.9. The maximum Gasteiger partial charge on any atom is 0.269 e. The highest BCUT2D eigenvalue weighted by Crippen LogP contribution is 2.25. The zero-order chi connectivity index (χ0) is 24.9. The number of nitro benzene ring substituents is 1. The highest BCUT2D eigenvalue weighted by Gasteiger charge is 2.13. The highest BCUT2D eigenvalue weighted by molar-refractivity contribution is 9.10. The van der Waals surface area contributed by atoms with Crippen LogP contribution in [0, 0.1) is 10.1 Å². The molecular weight excluding hydrogens is 559 g/mol. The van der Waals surface area contributed by atoms with Crippen LogP contribution in [0.15, 0.2) is 77.4 Å². The Balaban J connectivity index is 1.39. The maximum atomic E-state index is 12.8. The molecule has 1 N–H and O–H groups in total. The number of anilines is 1. The number of aromatic nitrogens is 2. The van der Waals surface area contributed by atoms with Crippen molar-refractivity contribution in [3.05, 3.63) is 114 Å². The predicted octanol–water partition coefficient (Wildman–Crippen LogP) is 6.74. The molecule has 0 aliphatic rings. The van der Waals surface area contributed by atoms with Gasteiger partial charge < -0.3 is 10.1 Å². The Bertz CT molecular complexity index is 1390. The summed E-state index contributed by atoms with van der Waals surface area (Å²) in [4.78, 5) is 23.1. The summed E-state index contributed by atoms with van der Waals surface area (Å²) < 4.78 is 7.98. The monoisotopic (exact) mass is 574 g/mol. The Morgan fingerprint density at radius 2 is 1.83 bits per heavy atom. The first kappa shape index (κ1) is 24.7. The first-order valence-electron chi connectivity index (χ1n) is 10.2. The molecule has 0 aliphatic heterocycles. The normalized spacial score (nSPS) is 10.7. The van der Waals surface area contributed by atoms with Gasteiger partial charge in [-0.15, -0.1) is 0 Å². The van der Waals surface area contributed by atoms with Gasteiger partial charge in [0.15, 0.2) is 5.82 Å². The SMILES string of the molecule is O=C(Nc1nn(Cc2ccc(Cl)c(Cl)c2)cc1Br)c1cccc(COc2ccc([N+](=O)[O-])cc2)c1. The van der Waals surface area contributed by atoms with Crippen LogP contribution in [-0.2, 0) is 13.2 Å². The minimum absolute atomic E-state index is 0.0124. The first-order chi connectivity index (χ1) is 16.8. The maximum absolute atomic E-state index is 12.8. The van der Waals surface area contributed by atoms with Crippen molar-refractivity contribution in [3.63, 3.8) is 0 Å². The standard InChI is InChI=1S/C24H17BrCl2N4O4/c25-20-13-30(12-15-4-9-21(26)22(27)11-15)29-23(20)28-24(32)17-3-1-2-16(10-17)14-35-19-7-5-18(6-8-19)31(33)34/h1-11,13H,12,14H2,(H,28,29,32). The minimum atomic E-state index is -0.472. The molecule has 178 valence electrons. The fraction of sp³-hybridized carbons (Fsp3) is 0.0833. The van der Waals surface area contributed by atoms with Crippen molar-refractivity contribution in [2.75, 3.05) is 5.32 Å². The molecule has 0 radical (unpaired) electrons. The largest absolute Gasteiger partial charge is 0.489 e. The van der Waals surface area contributed by atoms with E-state index < -0.39 is 4.92 Å². The van der Waals surface area contributed by atoms with Crippen LogP contribution in [0.3, 0.4) is 0 Å². The quantitative estimate of drug-likeness (QED) is 0.185. The van der Waals surface area contributed by atoms with Crippen LogP contribution in [0.25, 0.3) is 0 Å². The smallest absolute Gasteiger partial charge is 0.269 e. The molecule has 0 aliphatic carbocycles. The summed E-state index contributed by atoms with van der Waals surface area (Å²) in [6.07, 6.45) is 1.76. The minimum Gasteiger partial charge on any atom is -0.489 e. The van der Waals surface area contributed by atoms with Crippen molar-refractivity contribution >= 4 is 56.5 Å².